The zero-order valence-electron chi connectivity index (χ0n) is 22.8. The smallest absolute Gasteiger partial charge is 0.359 e. The summed E-state index contributed by atoms with van der Waals surface area (Å²) in [6.45, 7) is 4.20. The molecule has 206 valence electrons. The van der Waals surface area contributed by atoms with Gasteiger partial charge in [0.1, 0.15) is 17.3 Å². The van der Waals surface area contributed by atoms with Crippen LogP contribution in [0.5, 0.6) is 5.75 Å². The highest BCUT2D eigenvalue weighted by molar-refractivity contribution is 6.09. The van der Waals surface area contributed by atoms with Gasteiger partial charge in [0.2, 0.25) is 5.91 Å². The van der Waals surface area contributed by atoms with Crippen molar-refractivity contribution in [2.24, 2.45) is 0 Å². The fraction of sp³-hybridized carbons (Fsp3) is 0.276. The third kappa shape index (κ3) is 4.93. The van der Waals surface area contributed by atoms with Gasteiger partial charge in [-0.2, -0.15) is 5.10 Å². The molecule has 2 aromatic heterocycles. The Morgan fingerprint density at radius 1 is 1.02 bits per heavy atom. The average molecular weight is 543 g/mol. The largest absolute Gasteiger partial charge is 0.497 e. The first-order valence-corrected chi connectivity index (χ1v) is 12.9. The van der Waals surface area contributed by atoms with Gasteiger partial charge in [-0.1, -0.05) is 0 Å². The van der Waals surface area contributed by atoms with Crippen LogP contribution >= 0.6 is 0 Å². The Balaban J connectivity index is 1.47. The fourth-order valence-electron chi connectivity index (χ4n) is 4.68. The van der Waals surface area contributed by atoms with Crippen molar-refractivity contribution in [1.29, 1.82) is 0 Å². The second kappa shape index (κ2) is 11.0. The van der Waals surface area contributed by atoms with E-state index in [9.17, 15) is 14.4 Å². The number of rotatable bonds is 8. The standard InChI is InChI=1S/C29H30N6O5/c1-5-40-29(38)26-24-14-16-34(28(37)27(24)35(31-26)22-10-12-23(39-4)13-11-22)21-8-6-20(7-9-21)33-17-15-30-25(33)18-32(3)19(2)36/h6-13,15,17H,5,14,16,18H2,1-4H3. The van der Waals surface area contributed by atoms with Crippen molar-refractivity contribution in [3.63, 3.8) is 0 Å². The molecule has 11 nitrogen and oxygen atoms in total. The number of nitrogens with zero attached hydrogens (tertiary/aromatic N) is 6. The predicted molar refractivity (Wildman–Crippen MR) is 147 cm³/mol. The molecule has 0 saturated heterocycles. The Morgan fingerprint density at radius 3 is 2.35 bits per heavy atom. The quantitative estimate of drug-likeness (QED) is 0.314. The minimum Gasteiger partial charge on any atom is -0.497 e. The monoisotopic (exact) mass is 542 g/mol. The van der Waals surface area contributed by atoms with E-state index < -0.39 is 5.97 Å². The van der Waals surface area contributed by atoms with Gasteiger partial charge < -0.3 is 23.8 Å². The number of carbonyl (C=O) groups is 3. The number of methoxy groups -OCH3 is 1. The van der Waals surface area contributed by atoms with Crippen LogP contribution in [0.1, 0.15) is 46.2 Å². The molecule has 3 heterocycles. The molecule has 2 aromatic carbocycles. The van der Waals surface area contributed by atoms with Crippen LogP contribution in [0.4, 0.5) is 5.69 Å². The van der Waals surface area contributed by atoms with Gasteiger partial charge in [-0.05, 0) is 61.9 Å². The van der Waals surface area contributed by atoms with Crippen molar-refractivity contribution in [3.8, 4) is 17.1 Å². The molecule has 0 N–H and O–H groups in total. The number of benzene rings is 2. The van der Waals surface area contributed by atoms with Gasteiger partial charge in [0.05, 0.1) is 25.9 Å². The second-order valence-electron chi connectivity index (χ2n) is 9.32. The van der Waals surface area contributed by atoms with E-state index in [1.807, 2.05) is 35.0 Å². The van der Waals surface area contributed by atoms with Crippen molar-refractivity contribution < 1.29 is 23.9 Å². The van der Waals surface area contributed by atoms with Crippen LogP contribution in [-0.4, -0.2) is 69.3 Å². The van der Waals surface area contributed by atoms with Crippen LogP contribution < -0.4 is 9.64 Å². The Kier molecular flexibility index (Phi) is 7.37. The lowest BCUT2D eigenvalue weighted by Crippen LogP contribution is -2.39. The van der Waals surface area contributed by atoms with Crippen LogP contribution in [0, 0.1) is 0 Å². The van der Waals surface area contributed by atoms with Crippen LogP contribution in [0.25, 0.3) is 11.4 Å². The van der Waals surface area contributed by atoms with Crippen molar-refractivity contribution in [2.45, 2.75) is 26.8 Å². The number of ether oxygens (including phenoxy) is 2. The number of hydrogen-bond acceptors (Lipinski definition) is 7. The topological polar surface area (TPSA) is 112 Å². The molecule has 4 aromatic rings. The maximum atomic E-state index is 13.9. The zero-order chi connectivity index (χ0) is 28.4. The maximum absolute atomic E-state index is 13.9. The number of fused-ring (bicyclic) bond motifs is 1. The molecule has 1 aliphatic rings. The SMILES string of the molecule is CCOC(=O)c1nn(-c2ccc(OC)cc2)c2c1CCN(c1ccc(-n3ccnc3CN(C)C(C)=O)cc1)C2=O. The first-order chi connectivity index (χ1) is 19.3. The van der Waals surface area contributed by atoms with E-state index in [2.05, 4.69) is 10.1 Å². The molecular formula is C29H30N6O5. The summed E-state index contributed by atoms with van der Waals surface area (Å²) in [5.74, 6) is 0.520. The molecule has 0 atom stereocenters. The van der Waals surface area contributed by atoms with E-state index in [1.54, 1.807) is 61.3 Å². The summed E-state index contributed by atoms with van der Waals surface area (Å²) in [6, 6.07) is 14.7. The Labute approximate surface area is 231 Å². The minimum absolute atomic E-state index is 0.0483. The van der Waals surface area contributed by atoms with Crippen LogP contribution in [0.3, 0.4) is 0 Å². The third-order valence-corrected chi connectivity index (χ3v) is 6.88. The predicted octanol–water partition coefficient (Wildman–Crippen LogP) is 3.42. The van der Waals surface area contributed by atoms with Gasteiger partial charge in [-0.15, -0.1) is 0 Å². The number of aromatic nitrogens is 4. The zero-order valence-corrected chi connectivity index (χ0v) is 22.8. The number of anilines is 1. The third-order valence-electron chi connectivity index (χ3n) is 6.88. The van der Waals surface area contributed by atoms with E-state index in [0.717, 1.165) is 11.5 Å². The van der Waals surface area contributed by atoms with E-state index in [-0.39, 0.29) is 24.1 Å². The maximum Gasteiger partial charge on any atom is 0.359 e. The summed E-state index contributed by atoms with van der Waals surface area (Å²) in [5.41, 5.74) is 3.24. The number of carbonyl (C=O) groups excluding carboxylic acids is 3. The van der Waals surface area contributed by atoms with Gasteiger partial charge in [0, 0.05) is 49.8 Å². The Bertz CT molecular complexity index is 1550. The molecule has 11 heteroatoms. The van der Waals surface area contributed by atoms with Crippen LogP contribution in [0.15, 0.2) is 60.9 Å². The number of esters is 1. The van der Waals surface area contributed by atoms with Crippen molar-refractivity contribution in [1.82, 2.24) is 24.2 Å². The summed E-state index contributed by atoms with van der Waals surface area (Å²) in [6.07, 6.45) is 3.96. The highest BCUT2D eigenvalue weighted by Gasteiger charge is 2.35. The van der Waals surface area contributed by atoms with E-state index in [1.165, 1.54) is 11.6 Å². The molecule has 0 spiro atoms. The molecule has 0 aliphatic carbocycles. The Morgan fingerprint density at radius 2 is 1.70 bits per heavy atom. The van der Waals surface area contributed by atoms with E-state index in [0.29, 0.717) is 47.9 Å². The van der Waals surface area contributed by atoms with Gasteiger partial charge in [-0.25, -0.2) is 14.5 Å². The first-order valence-electron chi connectivity index (χ1n) is 12.9. The first kappa shape index (κ1) is 26.7. The molecule has 2 amide bonds. The number of hydrogen-bond donors (Lipinski definition) is 0. The summed E-state index contributed by atoms with van der Waals surface area (Å²) in [7, 11) is 3.30. The number of imidazole rings is 1. The van der Waals surface area contributed by atoms with E-state index >= 15 is 0 Å². The fourth-order valence-corrected chi connectivity index (χ4v) is 4.68. The molecule has 0 saturated carbocycles. The molecule has 5 rings (SSSR count). The lowest BCUT2D eigenvalue weighted by atomic mass is 10.0. The lowest BCUT2D eigenvalue weighted by Gasteiger charge is -2.28. The van der Waals surface area contributed by atoms with Gasteiger partial charge in [-0.3, -0.25) is 9.59 Å². The molecule has 0 unspecified atom stereocenters. The number of amides is 2. The lowest BCUT2D eigenvalue weighted by molar-refractivity contribution is -0.128. The average Bonchev–Trinajstić information content (AvgIpc) is 3.59. The van der Waals surface area contributed by atoms with Crippen molar-refractivity contribution >= 4 is 23.5 Å². The Hall–Kier alpha value is -4.93. The van der Waals surface area contributed by atoms with Gasteiger partial charge >= 0.3 is 5.97 Å². The normalized spacial score (nSPS) is 12.7. The van der Waals surface area contributed by atoms with Gasteiger partial charge in [0.15, 0.2) is 5.69 Å². The summed E-state index contributed by atoms with van der Waals surface area (Å²) < 4.78 is 13.9. The summed E-state index contributed by atoms with van der Waals surface area (Å²) in [4.78, 5) is 46.0. The second-order valence-corrected chi connectivity index (χ2v) is 9.32. The molecule has 40 heavy (non-hydrogen) atoms. The van der Waals surface area contributed by atoms with E-state index in [4.69, 9.17) is 9.47 Å². The van der Waals surface area contributed by atoms with Gasteiger partial charge in [0.25, 0.3) is 5.91 Å². The molecular weight excluding hydrogens is 512 g/mol. The van der Waals surface area contributed by atoms with Crippen LogP contribution in [0.2, 0.25) is 0 Å². The molecule has 0 bridgehead atoms. The highest BCUT2D eigenvalue weighted by Crippen LogP contribution is 2.30. The molecule has 0 fully saturated rings. The van der Waals surface area contributed by atoms with Crippen LogP contribution in [-0.2, 0) is 22.5 Å². The molecule has 1 aliphatic heterocycles. The summed E-state index contributed by atoms with van der Waals surface area (Å²) in [5, 5.41) is 4.52. The van der Waals surface area contributed by atoms with Crippen molar-refractivity contribution in [3.05, 3.63) is 83.7 Å². The highest BCUT2D eigenvalue weighted by atomic mass is 16.5. The summed E-state index contributed by atoms with van der Waals surface area (Å²) >= 11 is 0. The minimum atomic E-state index is -0.553. The van der Waals surface area contributed by atoms with Crippen molar-refractivity contribution in [2.75, 3.05) is 32.2 Å². The molecule has 0 radical (unpaired) electrons.